The van der Waals surface area contributed by atoms with Crippen molar-refractivity contribution in [3.8, 4) is 0 Å². The van der Waals surface area contributed by atoms with Crippen molar-refractivity contribution < 1.29 is 0 Å². The van der Waals surface area contributed by atoms with Gasteiger partial charge in [0.1, 0.15) is 0 Å². The number of rotatable bonds is 6. The Morgan fingerprint density at radius 2 is 2.00 bits per heavy atom. The van der Waals surface area contributed by atoms with Crippen LogP contribution in [0, 0.1) is 5.92 Å². The number of aromatic nitrogens is 2. The maximum Gasteiger partial charge on any atom is 0.0850 e. The van der Waals surface area contributed by atoms with Gasteiger partial charge in [-0.2, -0.15) is 5.10 Å². The molecule has 0 amide bonds. The average Bonchev–Trinajstić information content (AvgIpc) is 2.68. The first kappa shape index (κ1) is 16.8. The molecule has 4 nitrogen and oxygen atoms in total. The third kappa shape index (κ3) is 4.44. The summed E-state index contributed by atoms with van der Waals surface area (Å²) < 4.78 is 1.92. The largest absolute Gasteiger partial charge is 0.271 e. The second-order valence-electron chi connectivity index (χ2n) is 6.35. The van der Waals surface area contributed by atoms with Crippen LogP contribution in [0.5, 0.6) is 0 Å². The van der Waals surface area contributed by atoms with E-state index in [1.165, 1.54) is 38.5 Å². The number of aryl methyl sites for hydroxylation is 2. The van der Waals surface area contributed by atoms with Crippen molar-refractivity contribution in [2.24, 2.45) is 18.8 Å². The first-order valence-electron chi connectivity index (χ1n) is 8.32. The van der Waals surface area contributed by atoms with E-state index in [0.29, 0.717) is 0 Å². The molecule has 0 aliphatic heterocycles. The predicted octanol–water partition coefficient (Wildman–Crippen LogP) is 3.37. The third-order valence-electron chi connectivity index (χ3n) is 4.77. The Balaban J connectivity index is 1.99. The smallest absolute Gasteiger partial charge is 0.0850 e. The van der Waals surface area contributed by atoms with Gasteiger partial charge < -0.3 is 0 Å². The van der Waals surface area contributed by atoms with Crippen LogP contribution in [0.1, 0.15) is 63.3 Å². The molecule has 0 aromatic carbocycles. The minimum Gasteiger partial charge on any atom is -0.271 e. The number of hydrazine groups is 1. The highest BCUT2D eigenvalue weighted by molar-refractivity contribution is 6.31. The molecule has 1 saturated carbocycles. The number of hydrogen-bond donors (Lipinski definition) is 2. The molecule has 2 rings (SSSR count). The number of nitrogens with zero attached hydrogens (tertiary/aromatic N) is 2. The van der Waals surface area contributed by atoms with Gasteiger partial charge in [0.2, 0.25) is 0 Å². The van der Waals surface area contributed by atoms with E-state index in [9.17, 15) is 0 Å². The summed E-state index contributed by atoms with van der Waals surface area (Å²) in [4.78, 5) is 0. The lowest BCUT2D eigenvalue weighted by molar-refractivity contribution is 0.349. The SMILES string of the molecule is CCc1nn(C)c(CC(CC2CCCCCC2)NN)c1Cl. The standard InChI is InChI=1S/C16H29ClN4/c1-3-14-16(17)15(21(2)20-14)11-13(19-18)10-12-8-6-4-5-7-9-12/h12-13,19H,3-11,18H2,1-2H3. The van der Waals surface area contributed by atoms with Crippen molar-refractivity contribution >= 4 is 11.6 Å². The summed E-state index contributed by atoms with van der Waals surface area (Å²) in [5.74, 6) is 6.59. The zero-order valence-corrected chi connectivity index (χ0v) is 14.1. The van der Waals surface area contributed by atoms with Crippen LogP contribution < -0.4 is 11.3 Å². The van der Waals surface area contributed by atoms with Crippen LogP contribution in [0.25, 0.3) is 0 Å². The molecule has 1 heterocycles. The van der Waals surface area contributed by atoms with Crippen LogP contribution in [0.4, 0.5) is 0 Å². The van der Waals surface area contributed by atoms with Crippen LogP contribution in [-0.4, -0.2) is 15.8 Å². The minimum atomic E-state index is 0.283. The molecule has 1 aliphatic rings. The Labute approximate surface area is 133 Å². The van der Waals surface area contributed by atoms with Crippen molar-refractivity contribution in [3.63, 3.8) is 0 Å². The molecule has 1 aliphatic carbocycles. The Morgan fingerprint density at radius 1 is 1.33 bits per heavy atom. The summed E-state index contributed by atoms with van der Waals surface area (Å²) >= 11 is 6.45. The number of nitrogens with two attached hydrogens (primary N) is 1. The van der Waals surface area contributed by atoms with Gasteiger partial charge in [-0.15, -0.1) is 0 Å². The predicted molar refractivity (Wildman–Crippen MR) is 88.2 cm³/mol. The summed E-state index contributed by atoms with van der Waals surface area (Å²) in [7, 11) is 1.97. The van der Waals surface area contributed by atoms with Crippen molar-refractivity contribution in [2.45, 2.75) is 70.8 Å². The molecule has 0 bridgehead atoms. The van der Waals surface area contributed by atoms with Gasteiger partial charge in [-0.05, 0) is 18.8 Å². The maximum absolute atomic E-state index is 6.45. The number of nitrogens with one attached hydrogen (secondary N) is 1. The number of hydrogen-bond acceptors (Lipinski definition) is 3. The molecule has 1 atom stereocenters. The molecule has 5 heteroatoms. The Kier molecular flexibility index (Phi) is 6.52. The molecule has 0 saturated heterocycles. The summed E-state index contributed by atoms with van der Waals surface area (Å²) in [5.41, 5.74) is 5.09. The van der Waals surface area contributed by atoms with E-state index >= 15 is 0 Å². The molecule has 1 fully saturated rings. The summed E-state index contributed by atoms with van der Waals surface area (Å²) in [5, 5.41) is 5.31. The van der Waals surface area contributed by atoms with Gasteiger partial charge in [-0.25, -0.2) is 0 Å². The van der Waals surface area contributed by atoms with Gasteiger partial charge in [0, 0.05) is 19.5 Å². The van der Waals surface area contributed by atoms with E-state index in [-0.39, 0.29) is 6.04 Å². The van der Waals surface area contributed by atoms with E-state index in [0.717, 1.165) is 41.6 Å². The summed E-state index contributed by atoms with van der Waals surface area (Å²) in [6.07, 6.45) is 11.1. The molecule has 21 heavy (non-hydrogen) atoms. The number of halogens is 1. The third-order valence-corrected chi connectivity index (χ3v) is 5.21. The summed E-state index contributed by atoms with van der Waals surface area (Å²) in [6, 6.07) is 0.283. The molecular weight excluding hydrogens is 284 g/mol. The van der Waals surface area contributed by atoms with Crippen LogP contribution >= 0.6 is 11.6 Å². The van der Waals surface area contributed by atoms with Crippen LogP contribution in [0.2, 0.25) is 5.02 Å². The van der Waals surface area contributed by atoms with Gasteiger partial charge >= 0.3 is 0 Å². The van der Waals surface area contributed by atoms with E-state index in [1.807, 2.05) is 11.7 Å². The summed E-state index contributed by atoms with van der Waals surface area (Å²) in [6.45, 7) is 2.09. The van der Waals surface area contributed by atoms with E-state index in [2.05, 4.69) is 17.4 Å². The van der Waals surface area contributed by atoms with Crippen molar-refractivity contribution in [2.75, 3.05) is 0 Å². The first-order valence-corrected chi connectivity index (χ1v) is 8.69. The molecule has 0 spiro atoms. The first-order chi connectivity index (χ1) is 10.2. The fourth-order valence-corrected chi connectivity index (χ4v) is 3.86. The Hall–Kier alpha value is -0.580. The van der Waals surface area contributed by atoms with Crippen molar-refractivity contribution in [1.29, 1.82) is 0 Å². The van der Waals surface area contributed by atoms with Gasteiger partial charge in [-0.1, -0.05) is 57.0 Å². The zero-order valence-electron chi connectivity index (χ0n) is 13.4. The van der Waals surface area contributed by atoms with E-state index in [4.69, 9.17) is 17.4 Å². The molecule has 1 unspecified atom stereocenters. The van der Waals surface area contributed by atoms with Gasteiger partial charge in [0.15, 0.2) is 0 Å². The van der Waals surface area contributed by atoms with Crippen molar-refractivity contribution in [3.05, 3.63) is 16.4 Å². The van der Waals surface area contributed by atoms with Crippen molar-refractivity contribution in [1.82, 2.24) is 15.2 Å². The molecular formula is C16H29ClN4. The maximum atomic E-state index is 6.45. The second kappa shape index (κ2) is 8.16. The Morgan fingerprint density at radius 3 is 2.52 bits per heavy atom. The lowest BCUT2D eigenvalue weighted by Crippen LogP contribution is -2.38. The quantitative estimate of drug-likeness (QED) is 0.481. The zero-order chi connectivity index (χ0) is 15.2. The topological polar surface area (TPSA) is 55.9 Å². The highest BCUT2D eigenvalue weighted by Crippen LogP contribution is 2.28. The normalized spacial score (nSPS) is 18.7. The molecule has 0 radical (unpaired) electrons. The highest BCUT2D eigenvalue weighted by atomic mass is 35.5. The lowest BCUT2D eigenvalue weighted by Gasteiger charge is -2.22. The molecule has 120 valence electrons. The molecule has 3 N–H and O–H groups in total. The van der Waals surface area contributed by atoms with Crippen LogP contribution in [0.15, 0.2) is 0 Å². The fourth-order valence-electron chi connectivity index (χ4n) is 3.49. The molecule has 1 aromatic heterocycles. The monoisotopic (exact) mass is 312 g/mol. The lowest BCUT2D eigenvalue weighted by atomic mass is 9.91. The second-order valence-corrected chi connectivity index (χ2v) is 6.72. The van der Waals surface area contributed by atoms with E-state index < -0.39 is 0 Å². The Bertz CT molecular complexity index is 436. The highest BCUT2D eigenvalue weighted by Gasteiger charge is 2.21. The van der Waals surface area contributed by atoms with Gasteiger partial charge in [0.05, 0.1) is 16.4 Å². The van der Waals surface area contributed by atoms with Gasteiger partial charge in [-0.3, -0.25) is 16.0 Å². The van der Waals surface area contributed by atoms with Crippen LogP contribution in [0.3, 0.4) is 0 Å². The van der Waals surface area contributed by atoms with Crippen LogP contribution in [-0.2, 0) is 19.9 Å². The minimum absolute atomic E-state index is 0.283. The van der Waals surface area contributed by atoms with E-state index in [1.54, 1.807) is 0 Å². The fraction of sp³-hybridized carbons (Fsp3) is 0.812. The average molecular weight is 313 g/mol. The molecule has 1 aromatic rings. The van der Waals surface area contributed by atoms with Gasteiger partial charge in [0.25, 0.3) is 0 Å².